The predicted molar refractivity (Wildman–Crippen MR) is 90.8 cm³/mol. The Morgan fingerprint density at radius 1 is 1.41 bits per heavy atom. The molecule has 0 radical (unpaired) electrons. The second-order valence-electron chi connectivity index (χ2n) is 5.17. The van der Waals surface area contributed by atoms with Gasteiger partial charge in [0, 0.05) is 37.3 Å². The van der Waals surface area contributed by atoms with Crippen molar-refractivity contribution in [1.29, 1.82) is 0 Å². The van der Waals surface area contributed by atoms with Gasteiger partial charge in [0.05, 0.1) is 10.7 Å². The number of nitrogens with zero attached hydrogens (tertiary/aromatic N) is 2. The number of aryl methyl sites for hydroxylation is 2. The van der Waals surface area contributed by atoms with E-state index in [-0.39, 0.29) is 5.91 Å². The fraction of sp³-hybridized carbons (Fsp3) is 0.250. The van der Waals surface area contributed by atoms with E-state index in [1.165, 1.54) is 11.3 Å². The Bertz CT molecular complexity index is 818. The number of benzene rings is 1. The molecule has 3 aromatic rings. The maximum Gasteiger partial charge on any atom is 0.251 e. The van der Waals surface area contributed by atoms with E-state index in [1.807, 2.05) is 49.0 Å². The Morgan fingerprint density at radius 2 is 2.23 bits per heavy atom. The van der Waals surface area contributed by atoms with Gasteiger partial charge in [-0.25, -0.2) is 4.98 Å². The summed E-state index contributed by atoms with van der Waals surface area (Å²) in [6.45, 7) is 2.43. The van der Waals surface area contributed by atoms with Crippen LogP contribution in [0.4, 0.5) is 0 Å². The number of carbonyl (C=O) groups is 1. The molecule has 0 bridgehead atoms. The quantitative estimate of drug-likeness (QED) is 0.793. The average Bonchev–Trinajstić information content (AvgIpc) is 3.02. The lowest BCUT2D eigenvalue weighted by molar-refractivity contribution is 0.0954. The molecule has 3 rings (SSSR count). The van der Waals surface area contributed by atoms with Gasteiger partial charge in [-0.2, -0.15) is 0 Å². The maximum absolute atomic E-state index is 12.2. The van der Waals surface area contributed by atoms with Crippen LogP contribution >= 0.6 is 22.9 Å². The molecule has 0 fully saturated rings. The minimum absolute atomic E-state index is 0.0672. The molecule has 1 amide bonds. The van der Waals surface area contributed by atoms with E-state index in [0.717, 1.165) is 25.9 Å². The van der Waals surface area contributed by atoms with E-state index >= 15 is 0 Å². The van der Waals surface area contributed by atoms with Crippen molar-refractivity contribution in [3.63, 3.8) is 0 Å². The Labute approximate surface area is 137 Å². The molecular formula is C16H16ClN3OS. The summed E-state index contributed by atoms with van der Waals surface area (Å²) in [7, 11) is 1.97. The zero-order valence-corrected chi connectivity index (χ0v) is 14.0. The summed E-state index contributed by atoms with van der Waals surface area (Å²) in [5, 5.41) is 5.00. The number of amides is 1. The van der Waals surface area contributed by atoms with Crippen LogP contribution in [0.3, 0.4) is 0 Å². The van der Waals surface area contributed by atoms with Crippen LogP contribution in [0.1, 0.15) is 21.1 Å². The number of rotatable bonds is 4. The van der Waals surface area contributed by atoms with Gasteiger partial charge in [-0.15, -0.1) is 11.3 Å². The summed E-state index contributed by atoms with van der Waals surface area (Å²) < 4.78 is 2.72. The van der Waals surface area contributed by atoms with Crippen molar-refractivity contribution < 1.29 is 4.79 Å². The lowest BCUT2D eigenvalue weighted by Crippen LogP contribution is -2.25. The normalized spacial score (nSPS) is 11.0. The number of nitrogens with one attached hydrogen (secondary N) is 1. The van der Waals surface area contributed by atoms with Crippen LogP contribution in [0.25, 0.3) is 10.9 Å². The molecule has 2 heterocycles. The summed E-state index contributed by atoms with van der Waals surface area (Å²) >= 11 is 7.46. The molecule has 114 valence electrons. The highest BCUT2D eigenvalue weighted by Crippen LogP contribution is 2.23. The Balaban J connectivity index is 1.64. The second kappa shape index (κ2) is 6.10. The van der Waals surface area contributed by atoms with E-state index in [9.17, 15) is 4.79 Å². The zero-order chi connectivity index (χ0) is 15.7. The second-order valence-corrected chi connectivity index (χ2v) is 6.86. The van der Waals surface area contributed by atoms with Crippen LogP contribution in [-0.4, -0.2) is 22.0 Å². The van der Waals surface area contributed by atoms with E-state index in [0.29, 0.717) is 18.5 Å². The molecule has 22 heavy (non-hydrogen) atoms. The molecule has 0 saturated carbocycles. The number of fused-ring (bicyclic) bond motifs is 1. The monoisotopic (exact) mass is 333 g/mol. The number of hydrogen-bond acceptors (Lipinski definition) is 3. The molecule has 4 nitrogen and oxygen atoms in total. The number of hydrogen-bond donors (Lipinski definition) is 1. The summed E-state index contributed by atoms with van der Waals surface area (Å²) in [5.41, 5.74) is 2.57. The van der Waals surface area contributed by atoms with Crippen molar-refractivity contribution in [3.05, 3.63) is 51.1 Å². The lowest BCUT2D eigenvalue weighted by atomic mass is 10.1. The molecule has 0 atom stereocenters. The average molecular weight is 334 g/mol. The van der Waals surface area contributed by atoms with Crippen molar-refractivity contribution in [1.82, 2.24) is 14.9 Å². The number of carbonyl (C=O) groups excluding carboxylic acids is 1. The Hall–Kier alpha value is -1.85. The lowest BCUT2D eigenvalue weighted by Gasteiger charge is -2.05. The van der Waals surface area contributed by atoms with Crippen molar-refractivity contribution in [3.8, 4) is 0 Å². The van der Waals surface area contributed by atoms with Crippen LogP contribution in [0, 0.1) is 6.92 Å². The SMILES string of the molecule is Cc1nc(CCNC(=O)c2ccc3ccn(C)c3c2)sc1Cl. The molecule has 1 aromatic carbocycles. The Morgan fingerprint density at radius 3 is 2.95 bits per heavy atom. The molecule has 0 saturated heterocycles. The molecule has 6 heteroatoms. The minimum Gasteiger partial charge on any atom is -0.352 e. The first kappa shape index (κ1) is 15.1. The van der Waals surface area contributed by atoms with E-state index in [2.05, 4.69) is 10.3 Å². The van der Waals surface area contributed by atoms with E-state index < -0.39 is 0 Å². The van der Waals surface area contributed by atoms with Crippen molar-refractivity contribution in [2.75, 3.05) is 6.54 Å². The van der Waals surface area contributed by atoms with Gasteiger partial charge in [-0.05, 0) is 30.5 Å². The van der Waals surface area contributed by atoms with E-state index in [4.69, 9.17) is 11.6 Å². The Kier molecular flexibility index (Phi) is 4.18. The highest BCUT2D eigenvalue weighted by molar-refractivity contribution is 7.16. The largest absolute Gasteiger partial charge is 0.352 e. The summed E-state index contributed by atoms with van der Waals surface area (Å²) in [6, 6.07) is 7.76. The van der Waals surface area contributed by atoms with Crippen LogP contribution < -0.4 is 5.32 Å². The van der Waals surface area contributed by atoms with Crippen LogP contribution in [0.5, 0.6) is 0 Å². The van der Waals surface area contributed by atoms with Crippen LogP contribution in [0.15, 0.2) is 30.5 Å². The minimum atomic E-state index is -0.0672. The fourth-order valence-corrected chi connectivity index (χ4v) is 3.42. The third-order valence-corrected chi connectivity index (χ3v) is 5.07. The molecule has 1 N–H and O–H groups in total. The molecule has 0 aliphatic carbocycles. The number of thiazole rings is 1. The van der Waals surface area contributed by atoms with Crippen LogP contribution in [-0.2, 0) is 13.5 Å². The van der Waals surface area contributed by atoms with Gasteiger partial charge < -0.3 is 9.88 Å². The standard InChI is InChI=1S/C16H16ClN3OS/c1-10-15(17)22-14(19-10)5-7-18-16(21)12-4-3-11-6-8-20(2)13(11)9-12/h3-4,6,8-9H,5,7H2,1-2H3,(H,18,21). The van der Waals surface area contributed by atoms with Gasteiger partial charge in [-0.3, -0.25) is 4.79 Å². The molecule has 0 unspecified atom stereocenters. The number of aromatic nitrogens is 2. The highest BCUT2D eigenvalue weighted by Gasteiger charge is 2.09. The van der Waals surface area contributed by atoms with Gasteiger partial charge in [-0.1, -0.05) is 17.7 Å². The number of halogens is 1. The van der Waals surface area contributed by atoms with E-state index in [1.54, 1.807) is 0 Å². The fourth-order valence-electron chi connectivity index (χ4n) is 2.33. The molecule has 0 aliphatic rings. The van der Waals surface area contributed by atoms with Gasteiger partial charge in [0.25, 0.3) is 5.91 Å². The summed E-state index contributed by atoms with van der Waals surface area (Å²) in [4.78, 5) is 16.6. The summed E-state index contributed by atoms with van der Waals surface area (Å²) in [6.07, 6.45) is 2.68. The molecule has 0 spiro atoms. The zero-order valence-electron chi connectivity index (χ0n) is 12.4. The van der Waals surface area contributed by atoms with Gasteiger partial charge in [0.2, 0.25) is 0 Å². The first-order valence-electron chi connectivity index (χ1n) is 6.99. The molecule has 0 aliphatic heterocycles. The van der Waals surface area contributed by atoms with Gasteiger partial charge >= 0.3 is 0 Å². The third kappa shape index (κ3) is 3.00. The molecular weight excluding hydrogens is 318 g/mol. The smallest absolute Gasteiger partial charge is 0.251 e. The highest BCUT2D eigenvalue weighted by atomic mass is 35.5. The topological polar surface area (TPSA) is 46.9 Å². The van der Waals surface area contributed by atoms with Crippen molar-refractivity contribution in [2.24, 2.45) is 7.05 Å². The third-order valence-electron chi connectivity index (χ3n) is 3.56. The van der Waals surface area contributed by atoms with Crippen molar-refractivity contribution >= 4 is 39.7 Å². The maximum atomic E-state index is 12.2. The van der Waals surface area contributed by atoms with Crippen molar-refractivity contribution in [2.45, 2.75) is 13.3 Å². The van der Waals surface area contributed by atoms with Gasteiger partial charge in [0.1, 0.15) is 4.34 Å². The molecule has 2 aromatic heterocycles. The van der Waals surface area contributed by atoms with Crippen LogP contribution in [0.2, 0.25) is 4.34 Å². The first-order valence-corrected chi connectivity index (χ1v) is 8.19. The predicted octanol–water partition coefficient (Wildman–Crippen LogP) is 3.57. The first-order chi connectivity index (χ1) is 10.5. The van der Waals surface area contributed by atoms with Gasteiger partial charge in [0.15, 0.2) is 0 Å². The summed E-state index contributed by atoms with van der Waals surface area (Å²) in [5.74, 6) is -0.0672.